The maximum atomic E-state index is 12.0. The van der Waals surface area contributed by atoms with E-state index in [1.807, 2.05) is 24.3 Å². The summed E-state index contributed by atoms with van der Waals surface area (Å²) in [7, 11) is 0. The van der Waals surface area contributed by atoms with Gasteiger partial charge in [-0.3, -0.25) is 4.79 Å². The van der Waals surface area contributed by atoms with E-state index >= 15 is 0 Å². The number of aromatic nitrogens is 2. The van der Waals surface area contributed by atoms with Gasteiger partial charge in [0.1, 0.15) is 5.75 Å². The largest absolute Gasteiger partial charge is 0.484 e. The molecule has 3 aromatic rings. The number of amides is 1. The van der Waals surface area contributed by atoms with Crippen LogP contribution in [0.1, 0.15) is 31.7 Å². The molecule has 0 radical (unpaired) electrons. The lowest BCUT2D eigenvalue weighted by atomic mass is 9.99. The molecule has 0 unspecified atom stereocenters. The fraction of sp³-hybridized carbons (Fsp3) is 0.263. The fourth-order valence-electron chi connectivity index (χ4n) is 2.58. The first kappa shape index (κ1) is 16.8. The smallest absolute Gasteiger partial charge is 0.323 e. The Bertz CT molecular complexity index is 925. The summed E-state index contributed by atoms with van der Waals surface area (Å²) < 4.78 is 5.52. The summed E-state index contributed by atoms with van der Waals surface area (Å²) in [5.74, 6) is 0.906. The van der Waals surface area contributed by atoms with Gasteiger partial charge in [-0.2, -0.15) is 0 Å². The first-order valence-electron chi connectivity index (χ1n) is 8.30. The van der Waals surface area contributed by atoms with Crippen molar-refractivity contribution in [1.29, 1.82) is 0 Å². The quantitative estimate of drug-likeness (QED) is 0.643. The first-order chi connectivity index (χ1) is 12.0. The van der Waals surface area contributed by atoms with Gasteiger partial charge in [0.05, 0.1) is 11.0 Å². The van der Waals surface area contributed by atoms with Crippen LogP contribution in [0.4, 0.5) is 5.69 Å². The molecule has 0 bridgehead atoms. The van der Waals surface area contributed by atoms with Crippen LogP contribution in [0.25, 0.3) is 11.0 Å². The molecule has 130 valence electrons. The van der Waals surface area contributed by atoms with Gasteiger partial charge in [-0.25, -0.2) is 4.79 Å². The highest BCUT2D eigenvalue weighted by Gasteiger charge is 2.07. The minimum Gasteiger partial charge on any atom is -0.484 e. The number of nitrogens with one attached hydrogen (secondary N) is 3. The van der Waals surface area contributed by atoms with Crippen LogP contribution in [-0.2, 0) is 4.79 Å². The number of aromatic amines is 2. The number of fused-ring (bicyclic) bond motifs is 1. The first-order valence-corrected chi connectivity index (χ1v) is 8.30. The number of benzene rings is 2. The van der Waals surface area contributed by atoms with Crippen LogP contribution in [0.3, 0.4) is 0 Å². The molecule has 1 aromatic heterocycles. The van der Waals surface area contributed by atoms with Gasteiger partial charge in [0, 0.05) is 5.69 Å². The van der Waals surface area contributed by atoms with Gasteiger partial charge in [-0.05, 0) is 48.2 Å². The molecule has 1 atom stereocenters. The molecule has 0 saturated carbocycles. The number of ether oxygens (including phenoxy) is 1. The number of carbonyl (C=O) groups is 1. The Kier molecular flexibility index (Phi) is 4.88. The average Bonchev–Trinajstić information content (AvgIpc) is 2.99. The molecule has 3 rings (SSSR count). The second-order valence-electron chi connectivity index (χ2n) is 6.05. The van der Waals surface area contributed by atoms with Crippen molar-refractivity contribution in [2.24, 2.45) is 0 Å². The van der Waals surface area contributed by atoms with E-state index in [9.17, 15) is 9.59 Å². The molecule has 3 N–H and O–H groups in total. The van der Waals surface area contributed by atoms with Crippen molar-refractivity contribution in [3.8, 4) is 5.75 Å². The molecule has 0 spiro atoms. The third-order valence-electron chi connectivity index (χ3n) is 4.23. The predicted molar refractivity (Wildman–Crippen MR) is 98.2 cm³/mol. The number of hydrogen-bond acceptors (Lipinski definition) is 3. The molecule has 1 amide bonds. The van der Waals surface area contributed by atoms with Crippen LogP contribution in [0.15, 0.2) is 47.3 Å². The van der Waals surface area contributed by atoms with Crippen molar-refractivity contribution in [1.82, 2.24) is 9.97 Å². The molecule has 0 aliphatic heterocycles. The molecule has 2 aromatic carbocycles. The molecule has 0 fully saturated rings. The second kappa shape index (κ2) is 7.25. The van der Waals surface area contributed by atoms with Gasteiger partial charge in [0.2, 0.25) is 0 Å². The van der Waals surface area contributed by atoms with Crippen molar-refractivity contribution < 1.29 is 9.53 Å². The number of rotatable bonds is 6. The number of carbonyl (C=O) groups excluding carboxylic acids is 1. The fourth-order valence-corrected chi connectivity index (χ4v) is 2.58. The number of H-pyrrole nitrogens is 2. The van der Waals surface area contributed by atoms with E-state index in [2.05, 4.69) is 29.1 Å². The summed E-state index contributed by atoms with van der Waals surface area (Å²) in [6.07, 6.45) is 1.08. The zero-order chi connectivity index (χ0) is 17.8. The minimum absolute atomic E-state index is 0.0790. The molecular formula is C19H21N3O3. The Morgan fingerprint density at radius 3 is 2.56 bits per heavy atom. The lowest BCUT2D eigenvalue weighted by molar-refractivity contribution is -0.118. The molecule has 6 nitrogen and oxygen atoms in total. The van der Waals surface area contributed by atoms with Crippen LogP contribution in [0.5, 0.6) is 5.75 Å². The molecule has 25 heavy (non-hydrogen) atoms. The summed E-state index contributed by atoms with van der Waals surface area (Å²) >= 11 is 0. The van der Waals surface area contributed by atoms with Crippen molar-refractivity contribution in [2.45, 2.75) is 26.2 Å². The summed E-state index contributed by atoms with van der Waals surface area (Å²) in [4.78, 5) is 28.6. The van der Waals surface area contributed by atoms with Gasteiger partial charge in [0.15, 0.2) is 6.61 Å². The normalized spacial score (nSPS) is 12.1. The minimum atomic E-state index is -0.275. The van der Waals surface area contributed by atoms with Gasteiger partial charge in [-0.1, -0.05) is 26.0 Å². The van der Waals surface area contributed by atoms with Crippen molar-refractivity contribution in [3.63, 3.8) is 0 Å². The number of hydrogen-bond donors (Lipinski definition) is 3. The highest BCUT2D eigenvalue weighted by atomic mass is 16.5. The Morgan fingerprint density at radius 2 is 1.84 bits per heavy atom. The number of imidazole rings is 1. The lowest BCUT2D eigenvalue weighted by Gasteiger charge is -2.11. The monoisotopic (exact) mass is 339 g/mol. The summed E-state index contributed by atoms with van der Waals surface area (Å²) in [6, 6.07) is 13.0. The molecule has 1 heterocycles. The zero-order valence-corrected chi connectivity index (χ0v) is 14.3. The third kappa shape index (κ3) is 4.09. The average molecular weight is 339 g/mol. The van der Waals surface area contributed by atoms with E-state index in [4.69, 9.17) is 4.74 Å². The van der Waals surface area contributed by atoms with E-state index in [0.717, 1.165) is 6.42 Å². The SMILES string of the molecule is CC[C@@H](C)c1ccc(OCC(=O)Nc2ccc3[nH]c(=O)[nH]c3c2)cc1. The van der Waals surface area contributed by atoms with Crippen LogP contribution in [0, 0.1) is 0 Å². The lowest BCUT2D eigenvalue weighted by Crippen LogP contribution is -2.20. The van der Waals surface area contributed by atoms with E-state index in [0.29, 0.717) is 28.4 Å². The Hall–Kier alpha value is -3.02. The van der Waals surface area contributed by atoms with Crippen LogP contribution >= 0.6 is 0 Å². The maximum Gasteiger partial charge on any atom is 0.323 e. The standard InChI is InChI=1S/C19H21N3O3/c1-3-12(2)13-4-7-15(8-5-13)25-11-18(23)20-14-6-9-16-17(10-14)22-19(24)21-16/h4-10,12H,3,11H2,1-2H3,(H,20,23)(H2,21,22,24)/t12-/m1/s1. The molecule has 0 aliphatic rings. The third-order valence-corrected chi connectivity index (χ3v) is 4.23. The summed E-state index contributed by atoms with van der Waals surface area (Å²) in [5, 5.41) is 2.75. The van der Waals surface area contributed by atoms with Gasteiger partial charge < -0.3 is 20.0 Å². The maximum absolute atomic E-state index is 12.0. The highest BCUT2D eigenvalue weighted by Crippen LogP contribution is 2.21. The van der Waals surface area contributed by atoms with Crippen LogP contribution in [0.2, 0.25) is 0 Å². The topological polar surface area (TPSA) is 87.0 Å². The van der Waals surface area contributed by atoms with Crippen molar-refractivity contribution in [3.05, 3.63) is 58.5 Å². The Morgan fingerprint density at radius 1 is 1.12 bits per heavy atom. The molecular weight excluding hydrogens is 318 g/mol. The summed E-state index contributed by atoms with van der Waals surface area (Å²) in [5.41, 5.74) is 2.92. The molecule has 0 aliphatic carbocycles. The van der Waals surface area contributed by atoms with E-state index < -0.39 is 0 Å². The second-order valence-corrected chi connectivity index (χ2v) is 6.05. The van der Waals surface area contributed by atoms with E-state index in [-0.39, 0.29) is 18.2 Å². The Balaban J connectivity index is 1.57. The zero-order valence-electron chi connectivity index (χ0n) is 14.3. The van der Waals surface area contributed by atoms with Crippen LogP contribution < -0.4 is 15.7 Å². The molecule has 0 saturated heterocycles. The predicted octanol–water partition coefficient (Wildman–Crippen LogP) is 3.39. The van der Waals surface area contributed by atoms with Gasteiger partial charge in [0.25, 0.3) is 5.91 Å². The summed E-state index contributed by atoms with van der Waals surface area (Å²) in [6.45, 7) is 4.25. The van der Waals surface area contributed by atoms with Crippen molar-refractivity contribution in [2.75, 3.05) is 11.9 Å². The molecule has 6 heteroatoms. The van der Waals surface area contributed by atoms with E-state index in [1.165, 1.54) is 5.56 Å². The number of anilines is 1. The van der Waals surface area contributed by atoms with Crippen LogP contribution in [-0.4, -0.2) is 22.5 Å². The van der Waals surface area contributed by atoms with E-state index in [1.54, 1.807) is 18.2 Å². The Labute approximate surface area is 145 Å². The highest BCUT2D eigenvalue weighted by molar-refractivity contribution is 5.93. The van der Waals surface area contributed by atoms with Gasteiger partial charge >= 0.3 is 5.69 Å². The van der Waals surface area contributed by atoms with Crippen molar-refractivity contribution >= 4 is 22.6 Å². The van der Waals surface area contributed by atoms with Gasteiger partial charge in [-0.15, -0.1) is 0 Å².